The molecule has 1 aromatic rings. The smallest absolute Gasteiger partial charge is 0.225 e. The summed E-state index contributed by atoms with van der Waals surface area (Å²) in [6.45, 7) is 0.736. The van der Waals surface area contributed by atoms with Crippen LogP contribution in [0.2, 0.25) is 0 Å². The van der Waals surface area contributed by atoms with Gasteiger partial charge in [0, 0.05) is 25.7 Å². The van der Waals surface area contributed by atoms with Gasteiger partial charge >= 0.3 is 0 Å². The van der Waals surface area contributed by atoms with Gasteiger partial charge in [0.25, 0.3) is 0 Å². The molecule has 0 aromatic carbocycles. The van der Waals surface area contributed by atoms with Gasteiger partial charge in [0.2, 0.25) is 5.91 Å². The quantitative estimate of drug-likeness (QED) is 0.685. The van der Waals surface area contributed by atoms with Gasteiger partial charge in [0.1, 0.15) is 0 Å². The van der Waals surface area contributed by atoms with Crippen LogP contribution in [-0.2, 0) is 11.8 Å². The Morgan fingerprint density at radius 1 is 1.44 bits per heavy atom. The number of amides is 1. The summed E-state index contributed by atoms with van der Waals surface area (Å²) in [6, 6.07) is 1.78. The van der Waals surface area contributed by atoms with Gasteiger partial charge in [-0.3, -0.25) is 9.48 Å². The summed E-state index contributed by atoms with van der Waals surface area (Å²) in [5, 5.41) is 6.83. The maximum Gasteiger partial charge on any atom is 0.225 e. The fraction of sp³-hybridized carbons (Fsp3) is 0.636. The van der Waals surface area contributed by atoms with Crippen LogP contribution in [0, 0.1) is 0 Å². The van der Waals surface area contributed by atoms with Crippen LogP contribution >= 0.6 is 0 Å². The zero-order valence-corrected chi connectivity index (χ0v) is 9.78. The minimum Gasteiger partial charge on any atom is -0.330 e. The summed E-state index contributed by atoms with van der Waals surface area (Å²) >= 11 is 0. The molecule has 1 aromatic heterocycles. The lowest BCUT2D eigenvalue weighted by Gasteiger charge is -2.01. The topological polar surface area (TPSA) is 72.9 Å². The van der Waals surface area contributed by atoms with Crippen molar-refractivity contribution in [2.75, 3.05) is 11.9 Å². The molecule has 0 bridgehead atoms. The number of hydrogen-bond donors (Lipinski definition) is 2. The van der Waals surface area contributed by atoms with E-state index in [-0.39, 0.29) is 5.91 Å². The average Bonchev–Trinajstić information content (AvgIpc) is 2.63. The Morgan fingerprint density at radius 2 is 2.19 bits per heavy atom. The lowest BCUT2D eigenvalue weighted by molar-refractivity contribution is -0.116. The Balaban J connectivity index is 2.11. The van der Waals surface area contributed by atoms with Gasteiger partial charge in [-0.25, -0.2) is 0 Å². The van der Waals surface area contributed by atoms with E-state index in [1.54, 1.807) is 16.9 Å². The number of carbonyl (C=O) groups is 1. The Kier molecular flexibility index (Phi) is 5.56. The van der Waals surface area contributed by atoms with Gasteiger partial charge in [-0.2, -0.15) is 5.10 Å². The molecule has 0 fully saturated rings. The molecule has 0 atom stereocenters. The van der Waals surface area contributed by atoms with Crippen LogP contribution in [0.5, 0.6) is 0 Å². The summed E-state index contributed by atoms with van der Waals surface area (Å²) < 4.78 is 1.66. The van der Waals surface area contributed by atoms with E-state index in [0.717, 1.165) is 32.2 Å². The first-order chi connectivity index (χ1) is 7.72. The van der Waals surface area contributed by atoms with Crippen molar-refractivity contribution < 1.29 is 4.79 Å². The number of nitrogens with two attached hydrogens (primary N) is 1. The van der Waals surface area contributed by atoms with Crippen LogP contribution < -0.4 is 11.1 Å². The highest BCUT2D eigenvalue weighted by Gasteiger charge is 2.03. The zero-order valence-electron chi connectivity index (χ0n) is 9.78. The number of unbranched alkanes of at least 4 members (excludes halogenated alkanes) is 3. The van der Waals surface area contributed by atoms with E-state index in [1.807, 2.05) is 7.05 Å². The van der Waals surface area contributed by atoms with E-state index in [0.29, 0.717) is 12.2 Å². The highest BCUT2D eigenvalue weighted by molar-refractivity contribution is 5.89. The maximum atomic E-state index is 11.5. The number of hydrogen-bond acceptors (Lipinski definition) is 3. The molecule has 0 saturated carbocycles. The Bertz CT molecular complexity index is 322. The minimum absolute atomic E-state index is 0.0337. The lowest BCUT2D eigenvalue weighted by Crippen LogP contribution is -2.11. The Hall–Kier alpha value is -1.36. The second kappa shape index (κ2) is 7.00. The van der Waals surface area contributed by atoms with E-state index in [9.17, 15) is 4.79 Å². The highest BCUT2D eigenvalue weighted by Crippen LogP contribution is 2.05. The van der Waals surface area contributed by atoms with Crippen LogP contribution in [0.25, 0.3) is 0 Å². The van der Waals surface area contributed by atoms with Crippen LogP contribution in [0.3, 0.4) is 0 Å². The summed E-state index contributed by atoms with van der Waals surface area (Å²) in [6.07, 6.45) is 6.48. The largest absolute Gasteiger partial charge is 0.330 e. The van der Waals surface area contributed by atoms with Gasteiger partial charge in [0.05, 0.1) is 0 Å². The summed E-state index contributed by atoms with van der Waals surface area (Å²) in [4.78, 5) is 11.5. The van der Waals surface area contributed by atoms with Crippen LogP contribution in [-0.4, -0.2) is 22.2 Å². The van der Waals surface area contributed by atoms with Gasteiger partial charge < -0.3 is 11.1 Å². The third-order valence-corrected chi connectivity index (χ3v) is 2.34. The van der Waals surface area contributed by atoms with Crippen molar-refractivity contribution in [1.29, 1.82) is 0 Å². The number of aryl methyl sites for hydroxylation is 1. The van der Waals surface area contributed by atoms with Crippen molar-refractivity contribution >= 4 is 11.7 Å². The molecule has 1 amide bonds. The number of anilines is 1. The van der Waals surface area contributed by atoms with E-state index in [1.165, 1.54) is 0 Å². The van der Waals surface area contributed by atoms with Gasteiger partial charge in [-0.1, -0.05) is 12.8 Å². The van der Waals surface area contributed by atoms with E-state index in [2.05, 4.69) is 10.4 Å². The maximum absolute atomic E-state index is 11.5. The molecule has 16 heavy (non-hydrogen) atoms. The number of nitrogens with one attached hydrogen (secondary N) is 1. The van der Waals surface area contributed by atoms with Crippen molar-refractivity contribution in [3.63, 3.8) is 0 Å². The first-order valence-corrected chi connectivity index (χ1v) is 5.72. The van der Waals surface area contributed by atoms with Gasteiger partial charge in [0.15, 0.2) is 5.82 Å². The van der Waals surface area contributed by atoms with E-state index < -0.39 is 0 Å². The molecular formula is C11H20N4O. The number of nitrogens with zero attached hydrogens (tertiary/aromatic N) is 2. The Morgan fingerprint density at radius 3 is 2.81 bits per heavy atom. The van der Waals surface area contributed by atoms with Crippen molar-refractivity contribution in [2.24, 2.45) is 12.8 Å². The third-order valence-electron chi connectivity index (χ3n) is 2.34. The van der Waals surface area contributed by atoms with Crippen LogP contribution in [0.15, 0.2) is 12.3 Å². The lowest BCUT2D eigenvalue weighted by atomic mass is 10.1. The first-order valence-electron chi connectivity index (χ1n) is 5.72. The zero-order chi connectivity index (χ0) is 11.8. The number of carbonyl (C=O) groups excluding carboxylic acids is 1. The fourth-order valence-electron chi connectivity index (χ4n) is 1.47. The average molecular weight is 224 g/mol. The molecule has 0 aliphatic carbocycles. The van der Waals surface area contributed by atoms with Crippen molar-refractivity contribution in [3.05, 3.63) is 12.3 Å². The number of rotatable bonds is 7. The van der Waals surface area contributed by atoms with Crippen molar-refractivity contribution in [3.8, 4) is 0 Å². The molecule has 5 heteroatoms. The molecule has 0 aliphatic heterocycles. The van der Waals surface area contributed by atoms with Gasteiger partial charge in [-0.15, -0.1) is 0 Å². The molecule has 0 saturated heterocycles. The minimum atomic E-state index is 0.0337. The van der Waals surface area contributed by atoms with Crippen molar-refractivity contribution in [2.45, 2.75) is 32.1 Å². The molecule has 0 spiro atoms. The molecule has 0 unspecified atom stereocenters. The van der Waals surface area contributed by atoms with E-state index >= 15 is 0 Å². The normalized spacial score (nSPS) is 10.4. The van der Waals surface area contributed by atoms with Gasteiger partial charge in [-0.05, 0) is 19.4 Å². The first kappa shape index (κ1) is 12.7. The van der Waals surface area contributed by atoms with Crippen LogP contribution in [0.1, 0.15) is 32.1 Å². The second-order valence-electron chi connectivity index (χ2n) is 3.88. The molecule has 1 heterocycles. The van der Waals surface area contributed by atoms with E-state index in [4.69, 9.17) is 5.73 Å². The highest BCUT2D eigenvalue weighted by atomic mass is 16.1. The predicted octanol–water partition coefficient (Wildman–Crippen LogP) is 1.27. The summed E-state index contributed by atoms with van der Waals surface area (Å²) in [5.41, 5.74) is 5.39. The summed E-state index contributed by atoms with van der Waals surface area (Å²) in [7, 11) is 1.82. The third kappa shape index (κ3) is 4.93. The molecule has 5 nitrogen and oxygen atoms in total. The second-order valence-corrected chi connectivity index (χ2v) is 3.88. The van der Waals surface area contributed by atoms with Crippen molar-refractivity contribution in [1.82, 2.24) is 9.78 Å². The standard InChI is InChI=1S/C11H20N4O/c1-15-9-7-10(14-15)13-11(16)6-4-2-3-5-8-12/h7,9H,2-6,8,12H2,1H3,(H,13,14,16). The molecule has 90 valence electrons. The molecule has 0 radical (unpaired) electrons. The summed E-state index contributed by atoms with van der Waals surface area (Å²) in [5.74, 6) is 0.654. The predicted molar refractivity (Wildman–Crippen MR) is 64.0 cm³/mol. The Labute approximate surface area is 96.0 Å². The SMILES string of the molecule is Cn1ccc(NC(=O)CCCCCCN)n1. The van der Waals surface area contributed by atoms with Crippen LogP contribution in [0.4, 0.5) is 5.82 Å². The molecule has 1 rings (SSSR count). The number of aromatic nitrogens is 2. The molecule has 3 N–H and O–H groups in total. The monoisotopic (exact) mass is 224 g/mol. The fourth-order valence-corrected chi connectivity index (χ4v) is 1.47. The molecular weight excluding hydrogens is 204 g/mol. The molecule has 0 aliphatic rings.